The first-order chi connectivity index (χ1) is 16.1. The van der Waals surface area contributed by atoms with Gasteiger partial charge in [-0.3, -0.25) is 4.79 Å². The standard InChI is InChI=1S/C21H14F13NO/c1-10-6-5-7-11(2)14(10)35-15(36)12-8-3-4-9-13(12)16(22,23)17(24,25)18(26,27)19(28,29)20(30,31)21(32,33)34/h3-9H,1-2H3,(H,35,36). The van der Waals surface area contributed by atoms with Crippen LogP contribution in [0.5, 0.6) is 0 Å². The molecule has 0 radical (unpaired) electrons. The van der Waals surface area contributed by atoms with Gasteiger partial charge >= 0.3 is 35.8 Å². The van der Waals surface area contributed by atoms with Gasteiger partial charge in [0.25, 0.3) is 5.91 Å². The molecule has 1 N–H and O–H groups in total. The van der Waals surface area contributed by atoms with Crippen molar-refractivity contribution in [3.05, 3.63) is 64.7 Å². The second-order valence-electron chi connectivity index (χ2n) is 7.64. The van der Waals surface area contributed by atoms with Gasteiger partial charge in [-0.1, -0.05) is 36.4 Å². The van der Waals surface area contributed by atoms with Crippen molar-refractivity contribution in [2.75, 3.05) is 5.32 Å². The van der Waals surface area contributed by atoms with E-state index in [4.69, 9.17) is 0 Å². The van der Waals surface area contributed by atoms with E-state index in [9.17, 15) is 61.9 Å². The van der Waals surface area contributed by atoms with E-state index in [1.54, 1.807) is 0 Å². The third-order valence-electron chi connectivity index (χ3n) is 5.16. The van der Waals surface area contributed by atoms with Crippen LogP contribution >= 0.6 is 0 Å². The molecule has 0 saturated carbocycles. The van der Waals surface area contributed by atoms with Crippen LogP contribution in [0.15, 0.2) is 42.5 Å². The van der Waals surface area contributed by atoms with Crippen molar-refractivity contribution < 1.29 is 61.9 Å². The summed E-state index contributed by atoms with van der Waals surface area (Å²) < 4.78 is 176. The molecule has 0 atom stereocenters. The van der Waals surface area contributed by atoms with Crippen LogP contribution in [-0.2, 0) is 5.92 Å². The third-order valence-corrected chi connectivity index (χ3v) is 5.16. The van der Waals surface area contributed by atoms with Crippen LogP contribution in [-0.4, -0.2) is 35.8 Å². The molecule has 0 bridgehead atoms. The predicted molar refractivity (Wildman–Crippen MR) is 100 cm³/mol. The van der Waals surface area contributed by atoms with Gasteiger partial charge in [0.1, 0.15) is 0 Å². The molecule has 0 aliphatic carbocycles. The van der Waals surface area contributed by atoms with E-state index < -0.39 is 52.8 Å². The monoisotopic (exact) mass is 543 g/mol. The first-order valence-corrected chi connectivity index (χ1v) is 9.48. The third kappa shape index (κ3) is 4.25. The number of rotatable bonds is 7. The van der Waals surface area contributed by atoms with Gasteiger partial charge in [0.15, 0.2) is 0 Å². The lowest BCUT2D eigenvalue weighted by Gasteiger charge is -2.40. The summed E-state index contributed by atoms with van der Waals surface area (Å²) in [6.07, 6.45) is -7.51. The number of alkyl halides is 13. The molecule has 2 aromatic carbocycles. The first kappa shape index (κ1) is 29.2. The average molecular weight is 543 g/mol. The summed E-state index contributed by atoms with van der Waals surface area (Å²) in [6.45, 7) is 2.86. The van der Waals surface area contributed by atoms with Crippen LogP contribution < -0.4 is 5.32 Å². The van der Waals surface area contributed by atoms with Crippen LogP contribution in [0.1, 0.15) is 27.0 Å². The van der Waals surface area contributed by atoms with Crippen molar-refractivity contribution in [2.24, 2.45) is 0 Å². The topological polar surface area (TPSA) is 29.1 Å². The Balaban J connectivity index is 2.63. The Labute approximate surface area is 194 Å². The number of hydrogen-bond donors (Lipinski definition) is 1. The normalized spacial score (nSPS) is 14.1. The molecular formula is C21H14F13NO. The van der Waals surface area contributed by atoms with Gasteiger partial charge in [0, 0.05) is 16.8 Å². The zero-order valence-electron chi connectivity index (χ0n) is 17.9. The number of benzene rings is 2. The maximum atomic E-state index is 14.7. The molecule has 0 spiro atoms. The quantitative estimate of drug-likeness (QED) is 0.356. The minimum Gasteiger partial charge on any atom is -0.321 e. The minimum atomic E-state index is -8.03. The zero-order chi connectivity index (χ0) is 28.1. The number of carbonyl (C=O) groups is 1. The Morgan fingerprint density at radius 2 is 1.06 bits per heavy atom. The molecule has 0 aromatic heterocycles. The van der Waals surface area contributed by atoms with Crippen LogP contribution in [0.4, 0.5) is 62.8 Å². The summed E-state index contributed by atoms with van der Waals surface area (Å²) in [6, 6.07) is 6.01. The van der Waals surface area contributed by atoms with Crippen LogP contribution in [0.3, 0.4) is 0 Å². The summed E-state index contributed by atoms with van der Waals surface area (Å²) in [5, 5.41) is 2.05. The van der Waals surface area contributed by atoms with Gasteiger partial charge in [0.2, 0.25) is 0 Å². The van der Waals surface area contributed by atoms with E-state index in [2.05, 4.69) is 5.32 Å². The second kappa shape index (κ2) is 8.83. The number of para-hydroxylation sites is 1. The molecule has 2 aromatic rings. The second-order valence-corrected chi connectivity index (χ2v) is 7.64. The lowest BCUT2D eigenvalue weighted by Crippen LogP contribution is -2.69. The van der Waals surface area contributed by atoms with Crippen molar-refractivity contribution >= 4 is 11.6 Å². The number of carbonyl (C=O) groups excluding carboxylic acids is 1. The summed E-state index contributed by atoms with van der Waals surface area (Å²) >= 11 is 0. The highest BCUT2D eigenvalue weighted by Crippen LogP contribution is 2.62. The number of anilines is 1. The average Bonchev–Trinajstić information content (AvgIpc) is 2.74. The fraction of sp³-hybridized carbons (Fsp3) is 0.381. The van der Waals surface area contributed by atoms with Crippen molar-refractivity contribution in [3.63, 3.8) is 0 Å². The van der Waals surface area contributed by atoms with Gasteiger partial charge < -0.3 is 5.32 Å². The maximum absolute atomic E-state index is 14.7. The molecule has 0 fully saturated rings. The molecule has 2 nitrogen and oxygen atoms in total. The molecule has 0 aliphatic heterocycles. The molecule has 0 aliphatic rings. The van der Waals surface area contributed by atoms with Crippen molar-refractivity contribution in [1.29, 1.82) is 0 Å². The highest BCUT2D eigenvalue weighted by Gasteiger charge is 2.91. The smallest absolute Gasteiger partial charge is 0.321 e. The fourth-order valence-electron chi connectivity index (χ4n) is 3.09. The van der Waals surface area contributed by atoms with Gasteiger partial charge in [-0.05, 0) is 31.0 Å². The highest BCUT2D eigenvalue weighted by molar-refractivity contribution is 6.06. The van der Waals surface area contributed by atoms with E-state index >= 15 is 0 Å². The van der Waals surface area contributed by atoms with Gasteiger partial charge in [-0.25, -0.2) is 0 Å². The molecule has 15 heteroatoms. The Bertz CT molecular complexity index is 1120. The Kier molecular flexibility index (Phi) is 7.17. The van der Waals surface area contributed by atoms with E-state index in [0.29, 0.717) is 23.3 Å². The number of hydrogen-bond acceptors (Lipinski definition) is 1. The predicted octanol–water partition coefficient (Wildman–Crippen LogP) is 7.75. The molecule has 36 heavy (non-hydrogen) atoms. The van der Waals surface area contributed by atoms with Gasteiger partial charge in [0.05, 0.1) is 0 Å². The molecular weight excluding hydrogens is 529 g/mol. The number of nitrogens with one attached hydrogen (secondary N) is 1. The van der Waals surface area contributed by atoms with Crippen LogP contribution in [0.2, 0.25) is 0 Å². The minimum absolute atomic E-state index is 0.0194. The number of aryl methyl sites for hydroxylation is 2. The Hall–Kier alpha value is -3.00. The summed E-state index contributed by atoms with van der Waals surface area (Å²) in [5.74, 6) is -39.5. The molecule has 0 saturated heterocycles. The molecule has 1 amide bonds. The first-order valence-electron chi connectivity index (χ1n) is 9.48. The molecule has 200 valence electrons. The lowest BCUT2D eigenvalue weighted by molar-refractivity contribution is -0.441. The molecule has 0 unspecified atom stereocenters. The van der Waals surface area contributed by atoms with Crippen LogP contribution in [0, 0.1) is 13.8 Å². The van der Waals surface area contributed by atoms with Crippen LogP contribution in [0.25, 0.3) is 0 Å². The number of halogens is 13. The van der Waals surface area contributed by atoms with Crippen molar-refractivity contribution in [3.8, 4) is 0 Å². The van der Waals surface area contributed by atoms with E-state index in [1.165, 1.54) is 32.0 Å². The van der Waals surface area contributed by atoms with Gasteiger partial charge in [-0.15, -0.1) is 0 Å². The van der Waals surface area contributed by atoms with Crippen molar-refractivity contribution in [1.82, 2.24) is 0 Å². The largest absolute Gasteiger partial charge is 0.460 e. The Morgan fingerprint density at radius 3 is 1.53 bits per heavy atom. The number of amides is 1. The Morgan fingerprint density at radius 1 is 0.611 bits per heavy atom. The summed E-state index contributed by atoms with van der Waals surface area (Å²) in [7, 11) is 0. The SMILES string of the molecule is Cc1cccc(C)c1NC(=O)c1ccccc1C(F)(F)C(F)(F)C(F)(F)C(F)(F)C(F)(F)C(F)(F)F. The highest BCUT2D eigenvalue weighted by atomic mass is 19.4. The van der Waals surface area contributed by atoms with E-state index in [0.717, 1.165) is 6.07 Å². The molecule has 2 rings (SSSR count). The molecule has 0 heterocycles. The summed E-state index contributed by atoms with van der Waals surface area (Å²) in [4.78, 5) is 12.6. The maximum Gasteiger partial charge on any atom is 0.460 e. The summed E-state index contributed by atoms with van der Waals surface area (Å²) in [5.41, 5.74) is -3.15. The van der Waals surface area contributed by atoms with E-state index in [1.807, 2.05) is 0 Å². The van der Waals surface area contributed by atoms with Crippen molar-refractivity contribution in [2.45, 2.75) is 49.6 Å². The van der Waals surface area contributed by atoms with Gasteiger partial charge in [-0.2, -0.15) is 57.1 Å². The van der Waals surface area contributed by atoms with E-state index in [-0.39, 0.29) is 11.8 Å². The lowest BCUT2D eigenvalue weighted by atomic mass is 9.88. The zero-order valence-corrected chi connectivity index (χ0v) is 17.9. The fourth-order valence-corrected chi connectivity index (χ4v) is 3.09.